The molecule has 258 valence electrons. The van der Waals surface area contributed by atoms with E-state index in [4.69, 9.17) is 4.74 Å². The average Bonchev–Trinajstić information content (AvgIpc) is 3.76. The van der Waals surface area contributed by atoms with Gasteiger partial charge in [-0.25, -0.2) is 14.6 Å². The van der Waals surface area contributed by atoms with E-state index in [1.165, 1.54) is 11.0 Å². The third-order valence-corrected chi connectivity index (χ3v) is 7.98. The van der Waals surface area contributed by atoms with Crippen LogP contribution in [-0.4, -0.2) is 78.4 Å². The average molecular weight is 671 g/mol. The number of ether oxygens (including phenoxy) is 1. The van der Waals surface area contributed by atoms with Crippen molar-refractivity contribution < 1.29 is 23.9 Å². The second-order valence-electron chi connectivity index (χ2n) is 12.2. The number of carbonyl (C=O) groups is 4. The number of amides is 4. The van der Waals surface area contributed by atoms with E-state index in [9.17, 15) is 19.2 Å². The van der Waals surface area contributed by atoms with Gasteiger partial charge in [-0.1, -0.05) is 56.3 Å². The van der Waals surface area contributed by atoms with Crippen molar-refractivity contribution in [3.63, 3.8) is 0 Å². The van der Waals surface area contributed by atoms with Gasteiger partial charge in [-0.15, -0.1) is 0 Å². The Morgan fingerprint density at radius 3 is 2.53 bits per heavy atom. The molecule has 15 heteroatoms. The van der Waals surface area contributed by atoms with Crippen molar-refractivity contribution in [3.05, 3.63) is 78.6 Å². The number of aromatic nitrogens is 6. The molecule has 0 fully saturated rings. The van der Waals surface area contributed by atoms with Crippen molar-refractivity contribution >= 4 is 23.6 Å². The Kier molecular flexibility index (Phi) is 11.7. The molecule has 4 N–H and O–H groups in total. The summed E-state index contributed by atoms with van der Waals surface area (Å²) >= 11 is 0. The zero-order valence-corrected chi connectivity index (χ0v) is 27.8. The highest BCUT2D eigenvalue weighted by atomic mass is 16.5. The molecular formula is C34H42N10O5. The molecule has 2 aliphatic heterocycles. The maximum absolute atomic E-state index is 13.8. The van der Waals surface area contributed by atoms with Gasteiger partial charge in [0, 0.05) is 24.9 Å². The summed E-state index contributed by atoms with van der Waals surface area (Å²) in [6, 6.07) is 13.9. The Morgan fingerprint density at radius 2 is 1.82 bits per heavy atom. The number of carbonyl (C=O) groups excluding carboxylic acids is 4. The van der Waals surface area contributed by atoms with E-state index in [-0.39, 0.29) is 50.3 Å². The Bertz CT molecular complexity index is 1710. The zero-order chi connectivity index (χ0) is 34.8. The van der Waals surface area contributed by atoms with Crippen LogP contribution in [-0.2, 0) is 38.7 Å². The molecule has 3 atom stereocenters. The van der Waals surface area contributed by atoms with E-state index >= 15 is 0 Å². The number of benzene rings is 2. The fourth-order valence-electron chi connectivity index (χ4n) is 5.39. The quantitative estimate of drug-likeness (QED) is 0.226. The summed E-state index contributed by atoms with van der Waals surface area (Å²) in [6.07, 6.45) is 3.86. The zero-order valence-electron chi connectivity index (χ0n) is 27.8. The molecular weight excluding hydrogens is 628 g/mol. The van der Waals surface area contributed by atoms with Crippen molar-refractivity contribution in [2.24, 2.45) is 5.92 Å². The van der Waals surface area contributed by atoms with Crippen molar-refractivity contribution in [3.8, 4) is 17.1 Å². The number of hydrogen-bond acceptors (Lipinski definition) is 9. The highest BCUT2D eigenvalue weighted by Crippen LogP contribution is 2.20. The van der Waals surface area contributed by atoms with Crippen molar-refractivity contribution in [1.29, 1.82) is 0 Å². The summed E-state index contributed by atoms with van der Waals surface area (Å²) < 4.78 is 8.92. The van der Waals surface area contributed by atoms with Gasteiger partial charge >= 0.3 is 0 Å². The van der Waals surface area contributed by atoms with Crippen molar-refractivity contribution in [2.75, 3.05) is 13.2 Å². The molecule has 4 heterocycles. The number of nitrogens with zero attached hydrogens (tertiary/aromatic N) is 6. The second kappa shape index (κ2) is 16.5. The number of rotatable bonds is 7. The molecule has 49 heavy (non-hydrogen) atoms. The predicted octanol–water partition coefficient (Wildman–Crippen LogP) is 1.57. The highest BCUT2D eigenvalue weighted by Gasteiger charge is 2.31. The molecule has 4 aromatic rings. The van der Waals surface area contributed by atoms with Crippen molar-refractivity contribution in [2.45, 2.75) is 71.2 Å². The molecule has 0 aliphatic carbocycles. The Morgan fingerprint density at radius 1 is 1.04 bits per heavy atom. The number of aryl methyl sites for hydroxylation is 1. The minimum absolute atomic E-state index is 0.130. The van der Waals surface area contributed by atoms with Gasteiger partial charge in [0.2, 0.25) is 23.6 Å². The maximum atomic E-state index is 13.8. The first-order chi connectivity index (χ1) is 23.7. The Hall–Kier alpha value is -5.60. The SMILES string of the molecule is CC(C)[C@H]1NC(=O)[C@@H](NC(=O)CCCn2cncn2)Cc2ccc(cc2)OCCNC(=O)Cn2nc(-c3ccccc3)nc2[C@H](C)NC1=O. The lowest BCUT2D eigenvalue weighted by Crippen LogP contribution is -2.56. The molecule has 0 unspecified atom stereocenters. The molecule has 2 aliphatic rings. The Balaban J connectivity index is 1.38. The highest BCUT2D eigenvalue weighted by molar-refractivity contribution is 5.92. The smallest absolute Gasteiger partial charge is 0.243 e. The first kappa shape index (κ1) is 34.7. The van der Waals surface area contributed by atoms with Gasteiger partial charge in [-0.2, -0.15) is 10.2 Å². The van der Waals surface area contributed by atoms with Gasteiger partial charge in [0.05, 0.1) is 12.6 Å². The van der Waals surface area contributed by atoms with Crippen LogP contribution in [0.2, 0.25) is 0 Å². The van der Waals surface area contributed by atoms with Crippen LogP contribution >= 0.6 is 0 Å². The fraction of sp³-hybridized carbons (Fsp3) is 0.412. The van der Waals surface area contributed by atoms with E-state index in [0.717, 1.165) is 11.1 Å². The molecule has 2 aromatic carbocycles. The van der Waals surface area contributed by atoms with E-state index in [1.54, 1.807) is 30.1 Å². The van der Waals surface area contributed by atoms with Gasteiger partial charge in [-0.3, -0.25) is 23.9 Å². The lowest BCUT2D eigenvalue weighted by atomic mass is 10.0. The van der Waals surface area contributed by atoms with Crippen LogP contribution in [0.15, 0.2) is 67.3 Å². The molecule has 0 saturated heterocycles. The number of fused-ring (bicyclic) bond motifs is 14. The third-order valence-electron chi connectivity index (χ3n) is 7.98. The summed E-state index contributed by atoms with van der Waals surface area (Å²) in [6.45, 7) is 6.25. The van der Waals surface area contributed by atoms with Crippen LogP contribution < -0.4 is 26.0 Å². The summed E-state index contributed by atoms with van der Waals surface area (Å²) in [5, 5.41) is 20.2. The minimum atomic E-state index is -0.950. The second-order valence-corrected chi connectivity index (χ2v) is 12.2. The topological polar surface area (TPSA) is 187 Å². The lowest BCUT2D eigenvalue weighted by molar-refractivity contribution is -0.133. The minimum Gasteiger partial charge on any atom is -0.492 e. The molecule has 2 bridgehead atoms. The molecule has 0 spiro atoms. The van der Waals surface area contributed by atoms with Gasteiger partial charge in [0.25, 0.3) is 0 Å². The summed E-state index contributed by atoms with van der Waals surface area (Å²) in [4.78, 5) is 62.1. The normalized spacial score (nSPS) is 19.3. The van der Waals surface area contributed by atoms with E-state index in [0.29, 0.717) is 30.4 Å². The summed E-state index contributed by atoms with van der Waals surface area (Å²) in [5.41, 5.74) is 1.54. The molecule has 4 amide bonds. The van der Waals surface area contributed by atoms with Crippen molar-refractivity contribution in [1.82, 2.24) is 50.8 Å². The summed E-state index contributed by atoms with van der Waals surface area (Å²) in [7, 11) is 0. The van der Waals surface area contributed by atoms with Gasteiger partial charge < -0.3 is 26.0 Å². The third kappa shape index (κ3) is 9.72. The van der Waals surface area contributed by atoms with Crippen LogP contribution in [0.1, 0.15) is 51.0 Å². The van der Waals surface area contributed by atoms with Gasteiger partial charge in [0.15, 0.2) is 5.82 Å². The van der Waals surface area contributed by atoms with E-state index in [2.05, 4.69) is 41.4 Å². The van der Waals surface area contributed by atoms with Crippen LogP contribution in [0.4, 0.5) is 0 Å². The predicted molar refractivity (Wildman–Crippen MR) is 179 cm³/mol. The maximum Gasteiger partial charge on any atom is 0.243 e. The van der Waals surface area contributed by atoms with Gasteiger partial charge in [-0.05, 0) is 37.0 Å². The molecule has 6 rings (SSSR count). The van der Waals surface area contributed by atoms with E-state index in [1.807, 2.05) is 56.3 Å². The molecule has 15 nitrogen and oxygen atoms in total. The molecule has 0 saturated carbocycles. The van der Waals surface area contributed by atoms with Crippen LogP contribution in [0, 0.1) is 5.92 Å². The Labute approximate surface area is 284 Å². The van der Waals surface area contributed by atoms with E-state index < -0.39 is 29.9 Å². The fourth-order valence-corrected chi connectivity index (χ4v) is 5.39. The molecule has 2 aromatic heterocycles. The number of hydrogen-bond donors (Lipinski definition) is 4. The monoisotopic (exact) mass is 670 g/mol. The first-order valence-electron chi connectivity index (χ1n) is 16.4. The summed E-state index contributed by atoms with van der Waals surface area (Å²) in [5.74, 6) is -0.464. The van der Waals surface area contributed by atoms with Crippen LogP contribution in [0.25, 0.3) is 11.4 Å². The largest absolute Gasteiger partial charge is 0.492 e. The lowest BCUT2D eigenvalue weighted by Gasteiger charge is -2.27. The van der Waals surface area contributed by atoms with Gasteiger partial charge in [0.1, 0.15) is 49.5 Å². The number of nitrogens with one attached hydrogen (secondary N) is 4. The first-order valence-corrected chi connectivity index (χ1v) is 16.4. The van der Waals surface area contributed by atoms with Crippen LogP contribution in [0.5, 0.6) is 5.75 Å². The van der Waals surface area contributed by atoms with Crippen LogP contribution in [0.3, 0.4) is 0 Å². The standard InChI is InChI=1S/C34H42N10O5/c1-22(2)30-34(48)38-23(3)32-41-31(25-8-5-4-6-9-25)42-44(32)19-29(46)36-15-17-49-26-13-11-24(12-14-26)18-27(33(47)40-30)39-28(45)10-7-16-43-21-35-20-37-43/h4-6,8-9,11-14,20-23,27,30H,7,10,15-19H2,1-3H3,(H,36,46)(H,38,48)(H,39,45)(H,40,47)/t23-,27-,30+/m0/s1. The molecule has 0 radical (unpaired) electrons.